The van der Waals surface area contributed by atoms with Crippen LogP contribution < -0.4 is 10.5 Å². The van der Waals surface area contributed by atoms with Crippen LogP contribution in [0.5, 0.6) is 5.75 Å². The maximum atomic E-state index is 5.85. The maximum Gasteiger partial charge on any atom is 0.189 e. The van der Waals surface area contributed by atoms with Crippen molar-refractivity contribution in [3.63, 3.8) is 0 Å². The van der Waals surface area contributed by atoms with E-state index in [-0.39, 0.29) is 6.79 Å². The fourth-order valence-electron chi connectivity index (χ4n) is 1.47. The van der Waals surface area contributed by atoms with Crippen LogP contribution in [0.25, 0.3) is 0 Å². The molecular formula is C14H14ClNO2. The van der Waals surface area contributed by atoms with Crippen molar-refractivity contribution >= 4 is 17.3 Å². The zero-order chi connectivity index (χ0) is 12.8. The Morgan fingerprint density at radius 2 is 1.83 bits per heavy atom. The average molecular weight is 264 g/mol. The fraction of sp³-hybridized carbons (Fsp3) is 0.143. The van der Waals surface area contributed by atoms with Crippen LogP contribution in [0.1, 0.15) is 5.56 Å². The summed E-state index contributed by atoms with van der Waals surface area (Å²) in [6, 6.07) is 15.0. The summed E-state index contributed by atoms with van der Waals surface area (Å²) < 4.78 is 10.8. The molecule has 2 aromatic rings. The van der Waals surface area contributed by atoms with Gasteiger partial charge in [0.05, 0.1) is 12.3 Å². The molecule has 0 aliphatic carbocycles. The van der Waals surface area contributed by atoms with Gasteiger partial charge in [-0.3, -0.25) is 0 Å². The number of rotatable bonds is 5. The van der Waals surface area contributed by atoms with Crippen molar-refractivity contribution in [1.82, 2.24) is 0 Å². The molecule has 0 aliphatic heterocycles. The predicted molar refractivity (Wildman–Crippen MR) is 72.6 cm³/mol. The summed E-state index contributed by atoms with van der Waals surface area (Å²) >= 11 is 5.85. The molecule has 2 aromatic carbocycles. The van der Waals surface area contributed by atoms with Crippen LogP contribution in [0.15, 0.2) is 48.5 Å². The quantitative estimate of drug-likeness (QED) is 0.510. The molecule has 0 aromatic heterocycles. The van der Waals surface area contributed by atoms with Crippen LogP contribution in [0.4, 0.5) is 5.69 Å². The van der Waals surface area contributed by atoms with E-state index in [0.717, 1.165) is 5.56 Å². The summed E-state index contributed by atoms with van der Waals surface area (Å²) in [7, 11) is 0. The Bertz CT molecular complexity index is 502. The molecule has 0 bridgehead atoms. The van der Waals surface area contributed by atoms with E-state index >= 15 is 0 Å². The van der Waals surface area contributed by atoms with Crippen LogP contribution in [-0.2, 0) is 11.3 Å². The third kappa shape index (κ3) is 3.65. The first-order valence-electron chi connectivity index (χ1n) is 5.55. The highest BCUT2D eigenvalue weighted by Crippen LogP contribution is 2.25. The molecule has 94 valence electrons. The smallest absolute Gasteiger partial charge is 0.189 e. The van der Waals surface area contributed by atoms with Crippen molar-refractivity contribution in [3.8, 4) is 5.75 Å². The number of hydrogen-bond acceptors (Lipinski definition) is 3. The van der Waals surface area contributed by atoms with Crippen LogP contribution >= 0.6 is 11.6 Å². The lowest BCUT2D eigenvalue weighted by atomic mass is 10.2. The second-order valence-electron chi connectivity index (χ2n) is 3.78. The van der Waals surface area contributed by atoms with Crippen molar-refractivity contribution in [2.45, 2.75) is 6.61 Å². The average Bonchev–Trinajstić information content (AvgIpc) is 2.40. The highest BCUT2D eigenvalue weighted by Gasteiger charge is 2.01. The van der Waals surface area contributed by atoms with Gasteiger partial charge in [-0.15, -0.1) is 0 Å². The Balaban J connectivity index is 1.80. The predicted octanol–water partition coefficient (Wildman–Crippen LogP) is 3.48. The van der Waals surface area contributed by atoms with Gasteiger partial charge in [0.1, 0.15) is 5.75 Å². The summed E-state index contributed by atoms with van der Waals surface area (Å²) in [5.41, 5.74) is 7.39. The number of hydrogen-bond donors (Lipinski definition) is 1. The molecule has 0 aliphatic rings. The largest absolute Gasteiger partial charge is 0.465 e. The molecular weight excluding hydrogens is 250 g/mol. The van der Waals surface area contributed by atoms with Crippen LogP contribution in [0.3, 0.4) is 0 Å². The Morgan fingerprint density at radius 3 is 2.61 bits per heavy atom. The minimum atomic E-state index is 0.138. The molecule has 0 unspecified atom stereocenters. The Hall–Kier alpha value is -1.71. The SMILES string of the molecule is Nc1ccc(Cl)cc1OCOCc1ccccc1. The summed E-state index contributed by atoms with van der Waals surface area (Å²) in [6.45, 7) is 0.640. The zero-order valence-corrected chi connectivity index (χ0v) is 10.6. The molecule has 3 nitrogen and oxygen atoms in total. The number of nitrogens with two attached hydrogens (primary N) is 1. The topological polar surface area (TPSA) is 44.5 Å². The Labute approximate surface area is 111 Å². The van der Waals surface area contributed by atoms with Crippen LogP contribution in [-0.4, -0.2) is 6.79 Å². The van der Waals surface area contributed by atoms with Gasteiger partial charge in [0.25, 0.3) is 0 Å². The van der Waals surface area contributed by atoms with E-state index in [1.165, 1.54) is 0 Å². The Morgan fingerprint density at radius 1 is 1.06 bits per heavy atom. The third-order valence-electron chi connectivity index (χ3n) is 2.38. The van der Waals surface area contributed by atoms with Gasteiger partial charge >= 0.3 is 0 Å². The van der Waals surface area contributed by atoms with Gasteiger partial charge in [-0.25, -0.2) is 0 Å². The standard InChI is InChI=1S/C14H14ClNO2/c15-12-6-7-13(16)14(8-12)18-10-17-9-11-4-2-1-3-5-11/h1-8H,9-10,16H2. The van der Waals surface area contributed by atoms with Crippen molar-refractivity contribution in [3.05, 3.63) is 59.1 Å². The van der Waals surface area contributed by atoms with E-state index < -0.39 is 0 Å². The van der Waals surface area contributed by atoms with Gasteiger partial charge in [0, 0.05) is 11.1 Å². The highest BCUT2D eigenvalue weighted by atomic mass is 35.5. The van der Waals surface area contributed by atoms with Gasteiger partial charge in [0.2, 0.25) is 0 Å². The minimum Gasteiger partial charge on any atom is -0.465 e. The first-order valence-corrected chi connectivity index (χ1v) is 5.93. The van der Waals surface area contributed by atoms with E-state index in [4.69, 9.17) is 26.8 Å². The van der Waals surface area contributed by atoms with Crippen LogP contribution in [0, 0.1) is 0 Å². The van der Waals surface area contributed by atoms with E-state index in [0.29, 0.717) is 23.1 Å². The fourth-order valence-corrected chi connectivity index (χ4v) is 1.63. The van der Waals surface area contributed by atoms with Gasteiger partial charge in [-0.05, 0) is 17.7 Å². The van der Waals surface area contributed by atoms with E-state index in [9.17, 15) is 0 Å². The first kappa shape index (κ1) is 12.7. The summed E-state index contributed by atoms with van der Waals surface area (Å²) in [5, 5.41) is 0.585. The summed E-state index contributed by atoms with van der Waals surface area (Å²) in [4.78, 5) is 0. The molecule has 0 amide bonds. The lowest BCUT2D eigenvalue weighted by Gasteiger charge is -2.09. The van der Waals surface area contributed by atoms with Crippen molar-refractivity contribution < 1.29 is 9.47 Å². The molecule has 18 heavy (non-hydrogen) atoms. The molecule has 0 heterocycles. The molecule has 2 N–H and O–H groups in total. The van der Waals surface area contributed by atoms with Gasteiger partial charge in [0.15, 0.2) is 6.79 Å². The minimum absolute atomic E-state index is 0.138. The lowest BCUT2D eigenvalue weighted by molar-refractivity contribution is 0.00547. The number of nitrogen functional groups attached to an aromatic ring is 1. The molecule has 0 saturated carbocycles. The molecule has 0 atom stereocenters. The van der Waals surface area contributed by atoms with E-state index in [1.807, 2.05) is 30.3 Å². The maximum absolute atomic E-state index is 5.85. The summed E-state index contributed by atoms with van der Waals surface area (Å²) in [6.07, 6.45) is 0. The molecule has 0 fully saturated rings. The number of benzene rings is 2. The molecule has 0 spiro atoms. The number of halogens is 1. The van der Waals surface area contributed by atoms with Gasteiger partial charge in [-0.2, -0.15) is 0 Å². The normalized spacial score (nSPS) is 10.3. The van der Waals surface area contributed by atoms with Crippen LogP contribution in [0.2, 0.25) is 5.02 Å². The van der Waals surface area contributed by atoms with Crippen molar-refractivity contribution in [1.29, 1.82) is 0 Å². The van der Waals surface area contributed by atoms with Gasteiger partial charge < -0.3 is 15.2 Å². The molecule has 0 radical (unpaired) electrons. The molecule has 4 heteroatoms. The van der Waals surface area contributed by atoms with E-state index in [2.05, 4.69) is 0 Å². The van der Waals surface area contributed by atoms with E-state index in [1.54, 1.807) is 18.2 Å². The molecule has 2 rings (SSSR count). The third-order valence-corrected chi connectivity index (χ3v) is 2.62. The second-order valence-corrected chi connectivity index (χ2v) is 4.21. The number of anilines is 1. The zero-order valence-electron chi connectivity index (χ0n) is 9.80. The lowest BCUT2D eigenvalue weighted by Crippen LogP contribution is -2.04. The van der Waals surface area contributed by atoms with Crippen molar-refractivity contribution in [2.24, 2.45) is 0 Å². The Kier molecular flexibility index (Phi) is 4.45. The first-order chi connectivity index (χ1) is 8.75. The summed E-state index contributed by atoms with van der Waals surface area (Å²) in [5.74, 6) is 0.538. The molecule has 0 saturated heterocycles. The second kappa shape index (κ2) is 6.28. The highest BCUT2D eigenvalue weighted by molar-refractivity contribution is 6.30. The monoisotopic (exact) mass is 263 g/mol. The van der Waals surface area contributed by atoms with Gasteiger partial charge in [-0.1, -0.05) is 41.9 Å². The number of ether oxygens (including phenoxy) is 2. The van der Waals surface area contributed by atoms with Crippen molar-refractivity contribution in [2.75, 3.05) is 12.5 Å².